The Kier molecular flexibility index (Phi) is 5.75. The van der Waals surface area contributed by atoms with Crippen LogP contribution in [-0.2, 0) is 6.54 Å². The second kappa shape index (κ2) is 9.01. The number of ether oxygens (including phenoxy) is 1. The van der Waals surface area contributed by atoms with Crippen molar-refractivity contribution in [2.75, 3.05) is 25.0 Å². The number of halogens is 1. The Morgan fingerprint density at radius 3 is 2.76 bits per heavy atom. The summed E-state index contributed by atoms with van der Waals surface area (Å²) in [4.78, 5) is 18.9. The average Bonchev–Trinajstić information content (AvgIpc) is 3.46. The van der Waals surface area contributed by atoms with Crippen molar-refractivity contribution in [2.45, 2.75) is 19.1 Å². The summed E-state index contributed by atoms with van der Waals surface area (Å²) in [5, 5.41) is 13.9. The number of carboxylic acid groups (broad SMARTS) is 1. The molecule has 0 aliphatic carbocycles. The molecular weight excluding hydrogens is 437 g/mol. The van der Waals surface area contributed by atoms with Crippen LogP contribution in [0.25, 0.3) is 16.9 Å². The molecule has 1 N–H and O–H groups in total. The van der Waals surface area contributed by atoms with Gasteiger partial charge in [-0.2, -0.15) is 0 Å². The molecule has 1 amide bonds. The highest BCUT2D eigenvalue weighted by atomic mass is 19.1. The molecule has 0 spiro atoms. The lowest BCUT2D eigenvalue weighted by molar-refractivity contribution is 0.145. The van der Waals surface area contributed by atoms with Crippen LogP contribution in [0.5, 0.6) is 5.75 Å². The van der Waals surface area contributed by atoms with Crippen LogP contribution in [0.3, 0.4) is 0 Å². The first kappa shape index (κ1) is 21.7. The fourth-order valence-corrected chi connectivity index (χ4v) is 4.15. The predicted molar refractivity (Wildman–Crippen MR) is 126 cm³/mol. The van der Waals surface area contributed by atoms with E-state index in [1.807, 2.05) is 54.4 Å². The van der Waals surface area contributed by atoms with E-state index in [0.717, 1.165) is 28.3 Å². The third kappa shape index (κ3) is 4.50. The number of fused-ring (bicyclic) bond motifs is 1. The Morgan fingerprint density at radius 2 is 2.03 bits per heavy atom. The quantitative estimate of drug-likeness (QED) is 0.461. The van der Waals surface area contributed by atoms with Gasteiger partial charge >= 0.3 is 6.09 Å². The molecule has 1 aliphatic heterocycles. The largest absolute Gasteiger partial charge is 0.489 e. The first-order valence-electron chi connectivity index (χ1n) is 11.0. The number of rotatable bonds is 6. The van der Waals surface area contributed by atoms with Crippen LogP contribution in [0.15, 0.2) is 66.9 Å². The van der Waals surface area contributed by atoms with Gasteiger partial charge in [0, 0.05) is 32.1 Å². The predicted octanol–water partition coefficient (Wildman–Crippen LogP) is 4.30. The molecule has 1 fully saturated rings. The van der Waals surface area contributed by atoms with Crippen molar-refractivity contribution in [3.8, 4) is 17.0 Å². The smallest absolute Gasteiger partial charge is 0.407 e. The molecule has 3 heterocycles. The number of nitrogens with zero attached hydrogens (tertiary/aromatic N) is 5. The third-order valence-electron chi connectivity index (χ3n) is 5.92. The van der Waals surface area contributed by atoms with Gasteiger partial charge in [-0.15, -0.1) is 5.10 Å². The molecule has 2 aromatic carbocycles. The second-order valence-electron chi connectivity index (χ2n) is 8.37. The van der Waals surface area contributed by atoms with Crippen LogP contribution in [0.2, 0.25) is 0 Å². The van der Waals surface area contributed by atoms with Crippen molar-refractivity contribution in [1.29, 1.82) is 0 Å². The minimum atomic E-state index is -0.914. The van der Waals surface area contributed by atoms with E-state index in [2.05, 4.69) is 4.98 Å². The molecule has 0 bridgehead atoms. The van der Waals surface area contributed by atoms with Crippen LogP contribution >= 0.6 is 0 Å². The molecule has 4 aromatic rings. The number of anilines is 1. The highest BCUT2D eigenvalue weighted by molar-refractivity contribution is 5.65. The zero-order chi connectivity index (χ0) is 23.7. The maximum Gasteiger partial charge on any atom is 0.407 e. The highest BCUT2D eigenvalue weighted by Crippen LogP contribution is 2.26. The summed E-state index contributed by atoms with van der Waals surface area (Å²) >= 11 is 0. The van der Waals surface area contributed by atoms with Crippen molar-refractivity contribution in [3.05, 3.63) is 78.2 Å². The highest BCUT2D eigenvalue weighted by Gasteiger charge is 2.27. The molecule has 1 atom stereocenters. The topological polar surface area (TPSA) is 83.2 Å². The Bertz CT molecular complexity index is 1320. The van der Waals surface area contributed by atoms with E-state index in [-0.39, 0.29) is 11.9 Å². The maximum atomic E-state index is 13.5. The summed E-state index contributed by atoms with van der Waals surface area (Å²) < 4.78 is 21.3. The molecule has 174 valence electrons. The first-order valence-corrected chi connectivity index (χ1v) is 11.0. The second-order valence-corrected chi connectivity index (χ2v) is 8.37. The van der Waals surface area contributed by atoms with Crippen molar-refractivity contribution < 1.29 is 19.0 Å². The number of hydrogen-bond acceptors (Lipinski definition) is 5. The Labute approximate surface area is 195 Å². The standard InChI is InChI=1S/C25H24FN5O3/c1-29(15-17-3-2-4-19(26)13-17)24-10-9-23-27-14-22(31(23)28-24)18-5-7-20(8-6-18)34-21-11-12-30(16-21)25(32)33/h2-10,13-14,21H,11-12,15-16H2,1H3,(H,32,33)/t21-/m1/s1. The number of carbonyl (C=O) groups is 1. The maximum absolute atomic E-state index is 13.5. The summed E-state index contributed by atoms with van der Waals surface area (Å²) in [6.07, 6.45) is 1.39. The molecule has 0 saturated carbocycles. The van der Waals surface area contributed by atoms with Gasteiger partial charge in [-0.3, -0.25) is 0 Å². The van der Waals surface area contributed by atoms with Gasteiger partial charge in [-0.05, 0) is 54.1 Å². The number of imidazole rings is 1. The molecule has 5 rings (SSSR count). The van der Waals surface area contributed by atoms with Gasteiger partial charge in [0.2, 0.25) is 0 Å². The molecule has 1 saturated heterocycles. The van der Waals surface area contributed by atoms with Crippen molar-refractivity contribution >= 4 is 17.6 Å². The number of amides is 1. The van der Waals surface area contributed by atoms with Gasteiger partial charge in [-0.1, -0.05) is 12.1 Å². The van der Waals surface area contributed by atoms with Crippen LogP contribution in [0.4, 0.5) is 15.0 Å². The fourth-order valence-electron chi connectivity index (χ4n) is 4.15. The number of aromatic nitrogens is 3. The summed E-state index contributed by atoms with van der Waals surface area (Å²) in [6, 6.07) is 18.0. The van der Waals surface area contributed by atoms with Gasteiger partial charge in [0.15, 0.2) is 5.65 Å². The van der Waals surface area contributed by atoms with E-state index in [0.29, 0.717) is 31.8 Å². The van der Waals surface area contributed by atoms with E-state index in [4.69, 9.17) is 14.9 Å². The molecule has 9 heteroatoms. The number of likely N-dealkylation sites (tertiary alicyclic amines) is 1. The van der Waals surface area contributed by atoms with Crippen LogP contribution < -0.4 is 9.64 Å². The Hall–Kier alpha value is -4.14. The minimum Gasteiger partial charge on any atom is -0.489 e. The zero-order valence-corrected chi connectivity index (χ0v) is 18.6. The van der Waals surface area contributed by atoms with Gasteiger partial charge in [-0.25, -0.2) is 18.7 Å². The summed E-state index contributed by atoms with van der Waals surface area (Å²) in [5.74, 6) is 1.17. The van der Waals surface area contributed by atoms with E-state index >= 15 is 0 Å². The summed E-state index contributed by atoms with van der Waals surface area (Å²) in [7, 11) is 1.91. The molecule has 34 heavy (non-hydrogen) atoms. The first-order chi connectivity index (χ1) is 16.5. The molecular formula is C25H24FN5O3. The van der Waals surface area contributed by atoms with Gasteiger partial charge in [0.05, 0.1) is 18.4 Å². The van der Waals surface area contributed by atoms with Crippen molar-refractivity contribution in [1.82, 2.24) is 19.5 Å². The van der Waals surface area contributed by atoms with Crippen LogP contribution in [0, 0.1) is 5.82 Å². The Balaban J connectivity index is 1.33. The molecule has 2 aromatic heterocycles. The molecule has 0 unspecified atom stereocenters. The average molecular weight is 461 g/mol. The molecule has 1 aliphatic rings. The lowest BCUT2D eigenvalue weighted by Crippen LogP contribution is -2.29. The lowest BCUT2D eigenvalue weighted by atomic mass is 10.1. The SMILES string of the molecule is CN(Cc1cccc(F)c1)c1ccc2ncc(-c3ccc(O[C@@H]4CCN(C(=O)O)C4)cc3)n2n1. The molecule has 0 radical (unpaired) electrons. The van der Waals surface area contributed by atoms with E-state index in [9.17, 15) is 9.18 Å². The van der Waals surface area contributed by atoms with E-state index in [1.54, 1.807) is 16.8 Å². The minimum absolute atomic E-state index is 0.143. The third-order valence-corrected chi connectivity index (χ3v) is 5.92. The van der Waals surface area contributed by atoms with Crippen molar-refractivity contribution in [3.63, 3.8) is 0 Å². The van der Waals surface area contributed by atoms with Gasteiger partial charge in [0.25, 0.3) is 0 Å². The molecule has 8 nitrogen and oxygen atoms in total. The number of hydrogen-bond donors (Lipinski definition) is 1. The fraction of sp³-hybridized carbons (Fsp3) is 0.240. The zero-order valence-electron chi connectivity index (χ0n) is 18.6. The lowest BCUT2D eigenvalue weighted by Gasteiger charge is -2.18. The number of benzene rings is 2. The van der Waals surface area contributed by atoms with Crippen LogP contribution in [0.1, 0.15) is 12.0 Å². The Morgan fingerprint density at radius 1 is 1.21 bits per heavy atom. The monoisotopic (exact) mass is 461 g/mol. The van der Waals surface area contributed by atoms with Crippen LogP contribution in [-0.4, -0.2) is 56.9 Å². The van der Waals surface area contributed by atoms with E-state index < -0.39 is 6.09 Å². The van der Waals surface area contributed by atoms with Crippen molar-refractivity contribution in [2.24, 2.45) is 0 Å². The summed E-state index contributed by atoms with van der Waals surface area (Å²) in [5.41, 5.74) is 3.34. The normalized spacial score (nSPS) is 15.6. The summed E-state index contributed by atoms with van der Waals surface area (Å²) in [6.45, 7) is 1.38. The van der Waals surface area contributed by atoms with Gasteiger partial charge in [0.1, 0.15) is 23.5 Å². The van der Waals surface area contributed by atoms with Gasteiger partial charge < -0.3 is 19.6 Å². The van der Waals surface area contributed by atoms with E-state index in [1.165, 1.54) is 17.0 Å².